The molecule has 0 spiro atoms. The molecule has 0 unspecified atom stereocenters. The van der Waals surface area contributed by atoms with Gasteiger partial charge < -0.3 is 0 Å². The number of hydroxylamine groups is 1. The molecule has 0 radical (unpaired) electrons. The maximum atomic E-state index is 12.4. The van der Waals surface area contributed by atoms with Gasteiger partial charge >= 0.3 is 0 Å². The summed E-state index contributed by atoms with van der Waals surface area (Å²) in [5, 5.41) is 0. The smallest absolute Gasteiger partial charge is 0.248 e. The van der Waals surface area contributed by atoms with Gasteiger partial charge in [-0.2, -0.15) is 0 Å². The van der Waals surface area contributed by atoms with Gasteiger partial charge in [-0.1, -0.05) is 72.5 Å². The van der Waals surface area contributed by atoms with Gasteiger partial charge in [-0.3, -0.25) is 9.63 Å². The van der Waals surface area contributed by atoms with Crippen molar-refractivity contribution in [3.8, 4) is 11.1 Å². The van der Waals surface area contributed by atoms with Gasteiger partial charge in [0.15, 0.2) is 0 Å². The van der Waals surface area contributed by atoms with Gasteiger partial charge in [-0.25, -0.2) is 5.48 Å². The van der Waals surface area contributed by atoms with Crippen molar-refractivity contribution in [1.29, 1.82) is 0 Å². The number of benzene rings is 3. The Labute approximate surface area is 204 Å². The Kier molecular flexibility index (Phi) is 8.47. The summed E-state index contributed by atoms with van der Waals surface area (Å²) in [6.45, 7) is 0.394. The lowest BCUT2D eigenvalue weighted by molar-refractivity contribution is -0.132. The van der Waals surface area contributed by atoms with E-state index in [0.29, 0.717) is 6.61 Å². The maximum Gasteiger partial charge on any atom is 0.248 e. The van der Waals surface area contributed by atoms with Crippen molar-refractivity contribution >= 4 is 29.4 Å². The molecular weight excluding hydrogens is 446 g/mol. The highest BCUT2D eigenvalue weighted by Crippen LogP contribution is 2.32. The number of thioether (sulfide) groups is 1. The summed E-state index contributed by atoms with van der Waals surface area (Å²) < 4.78 is 0. The zero-order chi connectivity index (χ0) is 22.9. The van der Waals surface area contributed by atoms with Gasteiger partial charge in [0, 0.05) is 14.7 Å². The third-order valence-corrected chi connectivity index (χ3v) is 7.20. The molecule has 0 saturated heterocycles. The molecule has 1 N–H and O–H groups in total. The second kappa shape index (κ2) is 11.9. The number of hydrogen-bond donors (Lipinski definition) is 1. The molecule has 3 nitrogen and oxygen atoms in total. The fourth-order valence-electron chi connectivity index (χ4n) is 3.56. The number of amides is 1. The predicted molar refractivity (Wildman–Crippen MR) is 138 cm³/mol. The van der Waals surface area contributed by atoms with E-state index in [-0.39, 0.29) is 12.3 Å². The molecule has 0 atom stereocenters. The van der Waals surface area contributed by atoms with Crippen LogP contribution in [-0.2, 0) is 16.1 Å². The van der Waals surface area contributed by atoms with Gasteiger partial charge in [0.2, 0.25) is 5.91 Å². The van der Waals surface area contributed by atoms with E-state index in [2.05, 4.69) is 78.5 Å². The molecule has 0 saturated carbocycles. The number of carbonyl (C=O) groups excluding carboxylic acids is 1. The summed E-state index contributed by atoms with van der Waals surface area (Å²) in [4.78, 5) is 21.3. The van der Waals surface area contributed by atoms with Crippen molar-refractivity contribution < 1.29 is 9.63 Å². The lowest BCUT2D eigenvalue weighted by atomic mass is 10.1. The van der Waals surface area contributed by atoms with Crippen LogP contribution < -0.4 is 5.48 Å². The van der Waals surface area contributed by atoms with E-state index in [9.17, 15) is 4.79 Å². The van der Waals surface area contributed by atoms with E-state index in [1.807, 2.05) is 24.3 Å². The molecule has 3 aromatic rings. The molecule has 1 amide bonds. The van der Waals surface area contributed by atoms with Crippen LogP contribution in [0.15, 0.2) is 111 Å². The van der Waals surface area contributed by atoms with Crippen molar-refractivity contribution in [2.45, 2.75) is 33.9 Å². The fourth-order valence-corrected chi connectivity index (χ4v) is 4.91. The van der Waals surface area contributed by atoms with E-state index >= 15 is 0 Å². The van der Waals surface area contributed by atoms with E-state index < -0.39 is 0 Å². The molecule has 4 rings (SSSR count). The second-order valence-corrected chi connectivity index (χ2v) is 9.71. The van der Waals surface area contributed by atoms with Crippen molar-refractivity contribution in [1.82, 2.24) is 5.48 Å². The van der Waals surface area contributed by atoms with Gasteiger partial charge in [-0.05, 0) is 71.7 Å². The Balaban J connectivity index is 1.35. The molecule has 0 aliphatic heterocycles. The Morgan fingerprint density at radius 2 is 1.61 bits per heavy atom. The molecule has 0 heterocycles. The van der Waals surface area contributed by atoms with Gasteiger partial charge in [-0.15, -0.1) is 11.8 Å². The van der Waals surface area contributed by atoms with Crippen LogP contribution in [0.1, 0.15) is 18.4 Å². The highest BCUT2D eigenvalue weighted by molar-refractivity contribution is 7.99. The lowest BCUT2D eigenvalue weighted by Crippen LogP contribution is -2.26. The van der Waals surface area contributed by atoms with Crippen LogP contribution in [0, 0.1) is 0 Å². The van der Waals surface area contributed by atoms with E-state index in [1.165, 1.54) is 16.0 Å². The third kappa shape index (κ3) is 6.87. The van der Waals surface area contributed by atoms with E-state index in [4.69, 9.17) is 4.84 Å². The molecule has 0 fully saturated rings. The molecular formula is C28H27NO2S2. The van der Waals surface area contributed by atoms with Crippen LogP contribution >= 0.6 is 23.5 Å². The van der Waals surface area contributed by atoms with Crippen LogP contribution in [0.25, 0.3) is 11.1 Å². The zero-order valence-electron chi connectivity index (χ0n) is 18.6. The number of rotatable bonds is 9. The minimum Gasteiger partial charge on any atom is -0.272 e. The average molecular weight is 474 g/mol. The summed E-state index contributed by atoms with van der Waals surface area (Å²) in [5.74, 6) is -0.146. The number of nitrogens with one attached hydrogen (secondary N) is 1. The Morgan fingerprint density at radius 3 is 2.27 bits per heavy atom. The minimum atomic E-state index is -0.146. The van der Waals surface area contributed by atoms with Crippen molar-refractivity contribution in [3.63, 3.8) is 0 Å². The molecule has 1 aliphatic rings. The Hall–Kier alpha value is -2.73. The van der Waals surface area contributed by atoms with Gasteiger partial charge in [0.05, 0.1) is 13.0 Å². The van der Waals surface area contributed by atoms with Crippen molar-refractivity contribution in [3.05, 3.63) is 102 Å². The highest BCUT2D eigenvalue weighted by Gasteiger charge is 2.10. The highest BCUT2D eigenvalue weighted by atomic mass is 32.2. The van der Waals surface area contributed by atoms with Crippen LogP contribution in [0.2, 0.25) is 0 Å². The first kappa shape index (κ1) is 23.4. The SMILES string of the molecule is CSc1ccc(-c2ccc(Sc3ccccc3CC(=O)NOCC3=CCCC=C3)cc2)cc1. The zero-order valence-corrected chi connectivity index (χ0v) is 20.3. The maximum absolute atomic E-state index is 12.4. The van der Waals surface area contributed by atoms with E-state index in [1.54, 1.807) is 23.5 Å². The first-order valence-electron chi connectivity index (χ1n) is 11.0. The van der Waals surface area contributed by atoms with Crippen LogP contribution in [-0.4, -0.2) is 18.8 Å². The first-order chi connectivity index (χ1) is 16.2. The lowest BCUT2D eigenvalue weighted by Gasteiger charge is -2.11. The van der Waals surface area contributed by atoms with Crippen LogP contribution in [0.4, 0.5) is 0 Å². The summed E-state index contributed by atoms with van der Waals surface area (Å²) in [6.07, 6.45) is 10.8. The standard InChI is InChI=1S/C28H27NO2S2/c1-32-25-15-11-22(12-16-25)23-13-17-26(18-14-23)33-27-10-6-5-9-24(27)19-28(30)29-31-20-21-7-3-2-4-8-21/h3,5-18H,2,4,19-20H2,1H3,(H,29,30). The van der Waals surface area contributed by atoms with Crippen LogP contribution in [0.5, 0.6) is 0 Å². The number of carbonyl (C=O) groups is 1. The molecule has 5 heteroatoms. The van der Waals surface area contributed by atoms with Gasteiger partial charge in [0.1, 0.15) is 0 Å². The third-order valence-electron chi connectivity index (χ3n) is 5.33. The Morgan fingerprint density at radius 1 is 0.909 bits per heavy atom. The molecule has 33 heavy (non-hydrogen) atoms. The summed E-state index contributed by atoms with van der Waals surface area (Å²) in [7, 11) is 0. The van der Waals surface area contributed by atoms with E-state index in [0.717, 1.165) is 33.8 Å². The molecule has 3 aromatic carbocycles. The summed E-state index contributed by atoms with van der Waals surface area (Å²) in [6, 6.07) is 25.2. The quantitative estimate of drug-likeness (QED) is 0.266. The second-order valence-electron chi connectivity index (χ2n) is 7.71. The first-order valence-corrected chi connectivity index (χ1v) is 13.0. The normalized spacial score (nSPS) is 12.9. The molecule has 168 valence electrons. The number of hydrogen-bond acceptors (Lipinski definition) is 4. The summed E-state index contributed by atoms with van der Waals surface area (Å²) in [5.41, 5.74) is 7.06. The minimum absolute atomic E-state index is 0.146. The van der Waals surface area contributed by atoms with Crippen molar-refractivity contribution in [2.24, 2.45) is 0 Å². The topological polar surface area (TPSA) is 38.3 Å². The Bertz CT molecular complexity index is 1140. The monoisotopic (exact) mass is 473 g/mol. The largest absolute Gasteiger partial charge is 0.272 e. The molecule has 0 aromatic heterocycles. The molecule has 0 bridgehead atoms. The molecule has 1 aliphatic carbocycles. The summed E-state index contributed by atoms with van der Waals surface area (Å²) >= 11 is 3.42. The van der Waals surface area contributed by atoms with Crippen LogP contribution in [0.3, 0.4) is 0 Å². The van der Waals surface area contributed by atoms with Gasteiger partial charge in [0.25, 0.3) is 0 Å². The fraction of sp³-hybridized carbons (Fsp3) is 0.179. The predicted octanol–water partition coefficient (Wildman–Crippen LogP) is 7.09. The number of allylic oxidation sites excluding steroid dienone is 2. The average Bonchev–Trinajstić information content (AvgIpc) is 2.86. The van der Waals surface area contributed by atoms with Crippen molar-refractivity contribution in [2.75, 3.05) is 12.9 Å².